The van der Waals surface area contributed by atoms with E-state index in [2.05, 4.69) is 6.92 Å². The van der Waals surface area contributed by atoms with Gasteiger partial charge >= 0.3 is 0 Å². The third-order valence-corrected chi connectivity index (χ3v) is 5.50. The van der Waals surface area contributed by atoms with E-state index in [9.17, 15) is 0 Å². The first kappa shape index (κ1) is 13.0. The number of alkyl halides is 1. The van der Waals surface area contributed by atoms with Gasteiger partial charge in [0.1, 0.15) is 0 Å². The summed E-state index contributed by atoms with van der Waals surface area (Å²) in [7, 11) is 0. The molecule has 2 atom stereocenters. The Morgan fingerprint density at radius 3 is 2.88 bits per heavy atom. The van der Waals surface area contributed by atoms with Gasteiger partial charge in [0.2, 0.25) is 0 Å². The molecule has 94 valence electrons. The Kier molecular flexibility index (Phi) is 4.87. The van der Waals surface area contributed by atoms with Gasteiger partial charge in [0, 0.05) is 17.9 Å². The van der Waals surface area contributed by atoms with Crippen LogP contribution in [0.15, 0.2) is 0 Å². The van der Waals surface area contributed by atoms with Gasteiger partial charge in [-0.25, -0.2) is 0 Å². The summed E-state index contributed by atoms with van der Waals surface area (Å²) in [6.45, 7) is 3.17. The summed E-state index contributed by atoms with van der Waals surface area (Å²) in [5.41, 5.74) is 0.316. The Morgan fingerprint density at radius 1 is 1.44 bits per heavy atom. The third-order valence-electron chi connectivity index (χ3n) is 3.98. The van der Waals surface area contributed by atoms with Crippen molar-refractivity contribution in [2.75, 3.05) is 24.0 Å². The van der Waals surface area contributed by atoms with E-state index in [1.54, 1.807) is 0 Å². The second-order valence-corrected chi connectivity index (χ2v) is 6.84. The predicted molar refractivity (Wildman–Crippen MR) is 72.5 cm³/mol. The van der Waals surface area contributed by atoms with Crippen LogP contribution in [-0.4, -0.2) is 30.1 Å². The van der Waals surface area contributed by atoms with Crippen molar-refractivity contribution in [3.63, 3.8) is 0 Å². The molecule has 1 heterocycles. The molecule has 1 aliphatic heterocycles. The lowest BCUT2D eigenvalue weighted by Crippen LogP contribution is -2.34. The number of thioether (sulfide) groups is 1. The van der Waals surface area contributed by atoms with Crippen LogP contribution in [0.5, 0.6) is 0 Å². The molecule has 0 aromatic rings. The van der Waals surface area contributed by atoms with Crippen LogP contribution in [0.3, 0.4) is 0 Å². The van der Waals surface area contributed by atoms with Crippen LogP contribution in [-0.2, 0) is 4.74 Å². The molecule has 0 radical (unpaired) electrons. The highest BCUT2D eigenvalue weighted by atomic mass is 35.5. The van der Waals surface area contributed by atoms with Gasteiger partial charge in [-0.3, -0.25) is 0 Å². The topological polar surface area (TPSA) is 9.23 Å². The van der Waals surface area contributed by atoms with Crippen molar-refractivity contribution in [3.8, 4) is 0 Å². The molecule has 16 heavy (non-hydrogen) atoms. The van der Waals surface area contributed by atoms with E-state index < -0.39 is 0 Å². The number of rotatable bonds is 7. The highest BCUT2D eigenvalue weighted by Crippen LogP contribution is 2.50. The zero-order valence-corrected chi connectivity index (χ0v) is 11.8. The van der Waals surface area contributed by atoms with E-state index in [-0.39, 0.29) is 0 Å². The fourth-order valence-electron chi connectivity index (χ4n) is 2.89. The van der Waals surface area contributed by atoms with Crippen molar-refractivity contribution in [3.05, 3.63) is 0 Å². The molecule has 0 aromatic carbocycles. The van der Waals surface area contributed by atoms with Crippen molar-refractivity contribution in [1.82, 2.24) is 0 Å². The molecule has 2 fully saturated rings. The molecule has 0 bridgehead atoms. The van der Waals surface area contributed by atoms with E-state index >= 15 is 0 Å². The normalized spacial score (nSPS) is 34.5. The second-order valence-electron chi connectivity index (χ2n) is 5.18. The molecule has 3 heteroatoms. The van der Waals surface area contributed by atoms with Crippen LogP contribution in [0.2, 0.25) is 0 Å². The lowest BCUT2D eigenvalue weighted by atomic mass is 9.77. The van der Waals surface area contributed by atoms with Crippen molar-refractivity contribution < 1.29 is 4.74 Å². The number of halogens is 1. The first-order valence-electron chi connectivity index (χ1n) is 6.58. The van der Waals surface area contributed by atoms with Crippen LogP contribution in [0.1, 0.15) is 39.0 Å². The minimum atomic E-state index is 0.316. The molecule has 2 aliphatic rings. The summed E-state index contributed by atoms with van der Waals surface area (Å²) >= 11 is 8.30. The Morgan fingerprint density at radius 2 is 2.25 bits per heavy atom. The van der Waals surface area contributed by atoms with E-state index in [0.29, 0.717) is 11.5 Å². The summed E-state index contributed by atoms with van der Waals surface area (Å²) in [6, 6.07) is 0. The van der Waals surface area contributed by atoms with Gasteiger partial charge in [0.25, 0.3) is 0 Å². The van der Waals surface area contributed by atoms with Gasteiger partial charge < -0.3 is 4.74 Å². The molecular weight excluding hydrogens is 240 g/mol. The molecule has 0 aromatic heterocycles. The maximum absolute atomic E-state index is 6.26. The van der Waals surface area contributed by atoms with Gasteiger partial charge in [-0.15, -0.1) is 11.6 Å². The van der Waals surface area contributed by atoms with Gasteiger partial charge in [-0.1, -0.05) is 6.92 Å². The molecule has 0 spiro atoms. The van der Waals surface area contributed by atoms with Gasteiger partial charge in [0.15, 0.2) is 0 Å². The summed E-state index contributed by atoms with van der Waals surface area (Å²) < 4.78 is 5.95. The smallest absolute Gasteiger partial charge is 0.0671 e. The van der Waals surface area contributed by atoms with E-state index in [0.717, 1.165) is 18.4 Å². The fraction of sp³-hybridized carbons (Fsp3) is 1.00. The first-order valence-corrected chi connectivity index (χ1v) is 8.26. The van der Waals surface area contributed by atoms with Crippen LogP contribution in [0.25, 0.3) is 0 Å². The van der Waals surface area contributed by atoms with Crippen molar-refractivity contribution in [2.24, 2.45) is 11.3 Å². The SMILES string of the molecule is CCSCCCC1(CCl)CCOC1C1CC1. The number of hydrogen-bond donors (Lipinski definition) is 0. The molecule has 1 nitrogen and oxygen atoms in total. The maximum Gasteiger partial charge on any atom is 0.0671 e. The van der Waals surface area contributed by atoms with Crippen molar-refractivity contribution in [1.29, 1.82) is 0 Å². The average Bonchev–Trinajstić information content (AvgIpc) is 3.06. The lowest BCUT2D eigenvalue weighted by molar-refractivity contribution is 0.0364. The molecule has 1 saturated carbocycles. The fourth-order valence-corrected chi connectivity index (χ4v) is 3.95. The van der Waals surface area contributed by atoms with Crippen molar-refractivity contribution in [2.45, 2.75) is 45.1 Å². The highest BCUT2D eigenvalue weighted by Gasteiger charge is 2.49. The van der Waals surface area contributed by atoms with E-state index in [1.807, 2.05) is 11.8 Å². The Hall–Kier alpha value is 0.600. The highest BCUT2D eigenvalue weighted by molar-refractivity contribution is 7.99. The Bertz CT molecular complexity index is 220. The van der Waals surface area contributed by atoms with Crippen LogP contribution in [0, 0.1) is 11.3 Å². The van der Waals surface area contributed by atoms with Gasteiger partial charge in [-0.05, 0) is 49.5 Å². The largest absolute Gasteiger partial charge is 0.377 e. The standard InChI is InChI=1S/C13H23ClOS/c1-2-16-9-3-6-13(10-14)7-8-15-12(13)11-4-5-11/h11-12H,2-10H2,1H3. The number of ether oxygens (including phenoxy) is 1. The molecular formula is C13H23ClOS. The second kappa shape index (κ2) is 5.97. The predicted octanol–water partition coefficient (Wildman–Crippen LogP) is 3.94. The monoisotopic (exact) mass is 262 g/mol. The zero-order chi connectivity index (χ0) is 11.4. The van der Waals surface area contributed by atoms with Gasteiger partial charge in [0.05, 0.1) is 6.10 Å². The molecule has 1 saturated heterocycles. The summed E-state index contributed by atoms with van der Waals surface area (Å²) in [4.78, 5) is 0. The Labute approximate surface area is 109 Å². The number of hydrogen-bond acceptors (Lipinski definition) is 2. The quantitative estimate of drug-likeness (QED) is 0.508. The maximum atomic E-state index is 6.26. The minimum absolute atomic E-state index is 0.316. The average molecular weight is 263 g/mol. The molecule has 0 amide bonds. The van der Waals surface area contributed by atoms with E-state index in [1.165, 1.54) is 43.6 Å². The molecule has 2 unspecified atom stereocenters. The van der Waals surface area contributed by atoms with Crippen molar-refractivity contribution >= 4 is 23.4 Å². The molecule has 2 rings (SSSR count). The van der Waals surface area contributed by atoms with Crippen LogP contribution < -0.4 is 0 Å². The molecule has 0 N–H and O–H groups in total. The minimum Gasteiger partial charge on any atom is -0.377 e. The summed E-state index contributed by atoms with van der Waals surface area (Å²) in [6.07, 6.45) is 6.98. The summed E-state index contributed by atoms with van der Waals surface area (Å²) in [5, 5.41) is 0. The molecule has 1 aliphatic carbocycles. The zero-order valence-electron chi connectivity index (χ0n) is 10.2. The van der Waals surface area contributed by atoms with E-state index in [4.69, 9.17) is 16.3 Å². The van der Waals surface area contributed by atoms with Gasteiger partial charge in [-0.2, -0.15) is 11.8 Å². The third kappa shape index (κ3) is 2.88. The van der Waals surface area contributed by atoms with Crippen LogP contribution >= 0.6 is 23.4 Å². The first-order chi connectivity index (χ1) is 7.82. The summed E-state index contributed by atoms with van der Waals surface area (Å²) in [5.74, 6) is 4.15. The van der Waals surface area contributed by atoms with Crippen LogP contribution in [0.4, 0.5) is 0 Å². The lowest BCUT2D eigenvalue weighted by Gasteiger charge is -2.32. The Balaban J connectivity index is 1.84.